The van der Waals surface area contributed by atoms with Crippen LogP contribution in [0.25, 0.3) is 0 Å². The SMILES string of the molecule is COc1cc(Cl)ccc1S(=O)(=O)NC1(CC(=O)O)CCC1. The number of methoxy groups -OCH3 is 1. The van der Waals surface area contributed by atoms with Crippen LogP contribution in [0, 0.1) is 0 Å². The Kier molecular flexibility index (Phi) is 4.46. The number of benzene rings is 1. The number of halogens is 1. The van der Waals surface area contributed by atoms with E-state index in [4.69, 9.17) is 21.4 Å². The minimum absolute atomic E-state index is 0.0499. The number of hydrogen-bond acceptors (Lipinski definition) is 4. The Morgan fingerprint density at radius 3 is 2.62 bits per heavy atom. The van der Waals surface area contributed by atoms with E-state index in [2.05, 4.69) is 4.72 Å². The van der Waals surface area contributed by atoms with Gasteiger partial charge in [-0.25, -0.2) is 13.1 Å². The number of rotatable bonds is 6. The highest BCUT2D eigenvalue weighted by Gasteiger charge is 2.43. The van der Waals surface area contributed by atoms with Gasteiger partial charge in [0.15, 0.2) is 0 Å². The van der Waals surface area contributed by atoms with Gasteiger partial charge in [0.1, 0.15) is 10.6 Å². The molecule has 1 fully saturated rings. The minimum atomic E-state index is -3.88. The van der Waals surface area contributed by atoms with E-state index >= 15 is 0 Å². The predicted octanol–water partition coefficient (Wildman–Crippen LogP) is 2.02. The second kappa shape index (κ2) is 5.82. The van der Waals surface area contributed by atoms with Crippen molar-refractivity contribution < 1.29 is 23.1 Å². The number of carbonyl (C=O) groups is 1. The van der Waals surface area contributed by atoms with Crippen LogP contribution in [-0.4, -0.2) is 32.1 Å². The monoisotopic (exact) mass is 333 g/mol. The van der Waals surface area contributed by atoms with Gasteiger partial charge >= 0.3 is 5.97 Å². The van der Waals surface area contributed by atoms with E-state index < -0.39 is 21.5 Å². The molecule has 0 aromatic heterocycles. The first-order valence-corrected chi connectivity index (χ1v) is 8.23. The van der Waals surface area contributed by atoms with Crippen molar-refractivity contribution in [3.8, 4) is 5.75 Å². The maximum atomic E-state index is 12.5. The summed E-state index contributed by atoms with van der Waals surface area (Å²) in [7, 11) is -2.53. The maximum absolute atomic E-state index is 12.5. The van der Waals surface area contributed by atoms with E-state index in [-0.39, 0.29) is 17.1 Å². The minimum Gasteiger partial charge on any atom is -0.495 e. The summed E-state index contributed by atoms with van der Waals surface area (Å²) in [5.74, 6) is -0.903. The predicted molar refractivity (Wildman–Crippen MR) is 77.2 cm³/mol. The van der Waals surface area contributed by atoms with Crippen molar-refractivity contribution in [2.24, 2.45) is 0 Å². The lowest BCUT2D eigenvalue weighted by atomic mass is 9.75. The Hall–Kier alpha value is -1.31. The molecule has 0 saturated heterocycles. The summed E-state index contributed by atoms with van der Waals surface area (Å²) >= 11 is 5.81. The molecule has 0 atom stereocenters. The average Bonchev–Trinajstić information content (AvgIpc) is 2.34. The van der Waals surface area contributed by atoms with Gasteiger partial charge in [-0.2, -0.15) is 0 Å². The molecule has 0 unspecified atom stereocenters. The lowest BCUT2D eigenvalue weighted by Gasteiger charge is -2.41. The summed E-state index contributed by atoms with van der Waals surface area (Å²) < 4.78 is 32.5. The second-order valence-corrected chi connectivity index (χ2v) is 7.19. The van der Waals surface area contributed by atoms with E-state index in [1.54, 1.807) is 0 Å². The fourth-order valence-electron chi connectivity index (χ4n) is 2.41. The van der Waals surface area contributed by atoms with E-state index in [1.165, 1.54) is 25.3 Å². The Labute approximate surface area is 128 Å². The smallest absolute Gasteiger partial charge is 0.305 e. The van der Waals surface area contributed by atoms with Crippen molar-refractivity contribution >= 4 is 27.6 Å². The van der Waals surface area contributed by atoms with Gasteiger partial charge < -0.3 is 9.84 Å². The lowest BCUT2D eigenvalue weighted by Crippen LogP contribution is -2.54. The molecule has 6 nitrogen and oxygen atoms in total. The van der Waals surface area contributed by atoms with Gasteiger partial charge in [0.25, 0.3) is 0 Å². The molecule has 8 heteroatoms. The summed E-state index contributed by atoms with van der Waals surface area (Å²) in [6.45, 7) is 0. The van der Waals surface area contributed by atoms with Crippen LogP contribution in [0.15, 0.2) is 23.1 Å². The molecular formula is C13H16ClNO5S. The Bertz CT molecular complexity index is 655. The van der Waals surface area contributed by atoms with Crippen LogP contribution in [0.5, 0.6) is 5.75 Å². The molecule has 21 heavy (non-hydrogen) atoms. The molecule has 1 aromatic rings. The van der Waals surface area contributed by atoms with Crippen molar-refractivity contribution in [1.29, 1.82) is 0 Å². The van der Waals surface area contributed by atoms with Crippen LogP contribution in [-0.2, 0) is 14.8 Å². The van der Waals surface area contributed by atoms with Gasteiger partial charge in [0.05, 0.1) is 13.5 Å². The van der Waals surface area contributed by atoms with Crippen LogP contribution in [0.4, 0.5) is 0 Å². The first-order valence-electron chi connectivity index (χ1n) is 6.37. The van der Waals surface area contributed by atoms with Gasteiger partial charge in [0.2, 0.25) is 10.0 Å². The lowest BCUT2D eigenvalue weighted by molar-refractivity contribution is -0.139. The van der Waals surface area contributed by atoms with E-state index in [9.17, 15) is 13.2 Å². The first kappa shape index (κ1) is 16.1. The highest BCUT2D eigenvalue weighted by Crippen LogP contribution is 2.37. The molecule has 2 rings (SSSR count). The molecule has 0 bridgehead atoms. The Morgan fingerprint density at radius 2 is 2.14 bits per heavy atom. The standard InChI is InChI=1S/C13H16ClNO5S/c1-20-10-7-9(14)3-4-11(10)21(18,19)15-13(5-2-6-13)8-12(16)17/h3-4,7,15H,2,5-6,8H2,1H3,(H,16,17). The topological polar surface area (TPSA) is 92.7 Å². The van der Waals surface area contributed by atoms with Crippen LogP contribution < -0.4 is 9.46 Å². The summed E-state index contributed by atoms with van der Waals surface area (Å²) in [5.41, 5.74) is -0.907. The number of ether oxygens (including phenoxy) is 1. The molecule has 0 heterocycles. The van der Waals surface area contributed by atoms with Gasteiger partial charge in [0, 0.05) is 16.6 Å². The molecule has 2 N–H and O–H groups in total. The fourth-order valence-corrected chi connectivity index (χ4v) is 4.18. The van der Waals surface area contributed by atoms with E-state index in [0.29, 0.717) is 17.9 Å². The fraction of sp³-hybridized carbons (Fsp3) is 0.462. The Morgan fingerprint density at radius 1 is 1.48 bits per heavy atom. The van der Waals surface area contributed by atoms with Crippen molar-refractivity contribution in [3.63, 3.8) is 0 Å². The Balaban J connectivity index is 2.32. The van der Waals surface area contributed by atoms with Crippen LogP contribution in [0.2, 0.25) is 5.02 Å². The summed E-state index contributed by atoms with van der Waals surface area (Å²) in [5, 5.41) is 9.30. The molecule has 0 amide bonds. The molecule has 116 valence electrons. The number of nitrogens with one attached hydrogen (secondary N) is 1. The molecule has 1 aliphatic rings. The van der Waals surface area contributed by atoms with Gasteiger partial charge in [-0.3, -0.25) is 4.79 Å². The van der Waals surface area contributed by atoms with Crippen molar-refractivity contribution in [2.75, 3.05) is 7.11 Å². The van der Waals surface area contributed by atoms with Crippen molar-refractivity contribution in [3.05, 3.63) is 23.2 Å². The average molecular weight is 334 g/mol. The quantitative estimate of drug-likeness (QED) is 0.830. The van der Waals surface area contributed by atoms with Gasteiger partial charge in [-0.1, -0.05) is 11.6 Å². The number of hydrogen-bond donors (Lipinski definition) is 2. The van der Waals surface area contributed by atoms with Gasteiger partial charge in [-0.05, 0) is 31.4 Å². The molecule has 1 aromatic carbocycles. The molecule has 0 radical (unpaired) electrons. The third-order valence-electron chi connectivity index (χ3n) is 3.57. The van der Waals surface area contributed by atoms with Crippen LogP contribution in [0.1, 0.15) is 25.7 Å². The number of carboxylic acids is 1. The molecule has 1 saturated carbocycles. The third kappa shape index (κ3) is 3.48. The largest absolute Gasteiger partial charge is 0.495 e. The highest BCUT2D eigenvalue weighted by molar-refractivity contribution is 7.89. The zero-order chi connectivity index (χ0) is 15.7. The molecule has 0 spiro atoms. The van der Waals surface area contributed by atoms with Gasteiger partial charge in [-0.15, -0.1) is 0 Å². The summed E-state index contributed by atoms with van der Waals surface area (Å²) in [4.78, 5) is 10.9. The summed E-state index contributed by atoms with van der Waals surface area (Å²) in [6.07, 6.45) is 1.58. The van der Waals surface area contributed by atoms with Crippen molar-refractivity contribution in [2.45, 2.75) is 36.1 Å². The second-order valence-electron chi connectivity index (χ2n) is 5.11. The number of carboxylic acid groups (broad SMARTS) is 1. The maximum Gasteiger partial charge on any atom is 0.305 e. The summed E-state index contributed by atoms with van der Waals surface area (Å²) in [6, 6.07) is 4.20. The molecule has 1 aliphatic carbocycles. The molecule has 0 aliphatic heterocycles. The number of aliphatic carboxylic acids is 1. The van der Waals surface area contributed by atoms with E-state index in [0.717, 1.165) is 6.42 Å². The zero-order valence-corrected chi connectivity index (χ0v) is 13.0. The normalized spacial score (nSPS) is 17.0. The van der Waals surface area contributed by atoms with Crippen molar-refractivity contribution in [1.82, 2.24) is 4.72 Å². The zero-order valence-electron chi connectivity index (χ0n) is 11.4. The van der Waals surface area contributed by atoms with Crippen LogP contribution >= 0.6 is 11.6 Å². The third-order valence-corrected chi connectivity index (χ3v) is 5.42. The highest BCUT2D eigenvalue weighted by atomic mass is 35.5. The molecular weight excluding hydrogens is 318 g/mol. The first-order chi connectivity index (χ1) is 9.78. The van der Waals surface area contributed by atoms with E-state index in [1.807, 2.05) is 0 Å². The number of sulfonamides is 1. The van der Waals surface area contributed by atoms with Crippen LogP contribution in [0.3, 0.4) is 0 Å².